The van der Waals surface area contributed by atoms with Gasteiger partial charge in [0, 0.05) is 12.1 Å². The third-order valence-corrected chi connectivity index (χ3v) is 3.90. The van der Waals surface area contributed by atoms with Crippen LogP contribution < -0.4 is 4.74 Å². The Morgan fingerprint density at radius 2 is 2.00 bits per heavy atom. The molecule has 1 fully saturated rings. The summed E-state index contributed by atoms with van der Waals surface area (Å²) in [5.74, 6) is 1.80. The molecule has 1 saturated carbocycles. The summed E-state index contributed by atoms with van der Waals surface area (Å²) in [6.07, 6.45) is 2.64. The molecule has 1 aliphatic rings. The highest BCUT2D eigenvalue weighted by molar-refractivity contribution is 5.99. The molecule has 1 unspecified atom stereocenters. The lowest BCUT2D eigenvalue weighted by Gasteiger charge is -2.26. The number of rotatable bonds is 7. The normalized spacial score (nSPS) is 16.4. The molecule has 1 aliphatic carbocycles. The molecule has 0 N–H and O–H groups in total. The number of hydrogen-bond acceptors (Lipinski definition) is 3. The van der Waals surface area contributed by atoms with Gasteiger partial charge in [0.2, 0.25) is 0 Å². The van der Waals surface area contributed by atoms with Gasteiger partial charge in [0.1, 0.15) is 5.75 Å². The van der Waals surface area contributed by atoms with E-state index in [0.717, 1.165) is 30.3 Å². The van der Waals surface area contributed by atoms with Crippen molar-refractivity contribution in [2.75, 3.05) is 20.2 Å². The Labute approximate surface area is 115 Å². The number of likely N-dealkylation sites (N-methyl/N-ethyl adjacent to an activating group) is 1. The van der Waals surface area contributed by atoms with E-state index >= 15 is 0 Å². The van der Waals surface area contributed by atoms with Gasteiger partial charge < -0.3 is 4.74 Å². The lowest BCUT2D eigenvalue weighted by atomic mass is 10.0. The van der Waals surface area contributed by atoms with Gasteiger partial charge in [0.25, 0.3) is 0 Å². The number of carbonyl (C=O) groups excluding carboxylic acids is 1. The van der Waals surface area contributed by atoms with Crippen molar-refractivity contribution in [1.29, 1.82) is 0 Å². The molecule has 0 radical (unpaired) electrons. The number of benzene rings is 1. The van der Waals surface area contributed by atoms with Crippen LogP contribution in [-0.4, -0.2) is 36.9 Å². The summed E-state index contributed by atoms with van der Waals surface area (Å²) >= 11 is 0. The first kappa shape index (κ1) is 14.1. The van der Waals surface area contributed by atoms with Crippen LogP contribution in [0.4, 0.5) is 0 Å². The maximum atomic E-state index is 12.5. The molecule has 0 amide bonds. The molecule has 0 saturated heterocycles. The minimum absolute atomic E-state index is 0.0426. The molecule has 104 valence electrons. The Balaban J connectivity index is 2.02. The molecule has 0 aliphatic heterocycles. The first-order valence-corrected chi connectivity index (χ1v) is 7.08. The van der Waals surface area contributed by atoms with E-state index in [1.807, 2.05) is 31.2 Å². The van der Waals surface area contributed by atoms with Crippen molar-refractivity contribution < 1.29 is 9.53 Å². The molecule has 1 atom stereocenters. The number of nitrogens with zero attached hydrogens (tertiary/aromatic N) is 1. The lowest BCUT2D eigenvalue weighted by molar-refractivity contribution is 0.0839. The van der Waals surface area contributed by atoms with Crippen molar-refractivity contribution in [3.05, 3.63) is 29.8 Å². The summed E-state index contributed by atoms with van der Waals surface area (Å²) in [6.45, 7) is 6.12. The highest BCUT2D eigenvalue weighted by Gasteiger charge is 2.28. The molecule has 2 rings (SSSR count). The van der Waals surface area contributed by atoms with Gasteiger partial charge in [-0.1, -0.05) is 6.92 Å². The first-order valence-electron chi connectivity index (χ1n) is 7.08. The molecule has 0 heterocycles. The average molecular weight is 261 g/mol. The quantitative estimate of drug-likeness (QED) is 0.707. The molecule has 0 spiro atoms. The Kier molecular flexibility index (Phi) is 4.59. The van der Waals surface area contributed by atoms with E-state index in [1.54, 1.807) is 7.11 Å². The fourth-order valence-corrected chi connectivity index (χ4v) is 2.36. The Morgan fingerprint density at radius 3 is 2.47 bits per heavy atom. The van der Waals surface area contributed by atoms with E-state index in [9.17, 15) is 4.79 Å². The van der Waals surface area contributed by atoms with Crippen LogP contribution in [-0.2, 0) is 0 Å². The highest BCUT2D eigenvalue weighted by atomic mass is 16.5. The standard InChI is InChI=1S/C16H23NO2/c1-4-17(11-13-5-6-13)12(2)16(18)14-7-9-15(19-3)10-8-14/h7-10,12-13H,4-6,11H2,1-3H3. The zero-order valence-corrected chi connectivity index (χ0v) is 12.1. The Bertz CT molecular complexity index is 423. The third-order valence-electron chi connectivity index (χ3n) is 3.90. The van der Waals surface area contributed by atoms with Crippen molar-refractivity contribution in [1.82, 2.24) is 4.90 Å². The van der Waals surface area contributed by atoms with Gasteiger partial charge in [-0.2, -0.15) is 0 Å². The molecule has 19 heavy (non-hydrogen) atoms. The molecule has 1 aromatic rings. The summed E-state index contributed by atoms with van der Waals surface area (Å²) in [5, 5.41) is 0. The van der Waals surface area contributed by atoms with E-state index in [0.29, 0.717) is 0 Å². The maximum absolute atomic E-state index is 12.5. The summed E-state index contributed by atoms with van der Waals surface area (Å²) in [6, 6.07) is 7.35. The number of methoxy groups -OCH3 is 1. The summed E-state index contributed by atoms with van der Waals surface area (Å²) in [7, 11) is 1.63. The average Bonchev–Trinajstić information content (AvgIpc) is 3.27. The number of carbonyl (C=O) groups is 1. The van der Waals surface area contributed by atoms with Crippen molar-refractivity contribution in [2.24, 2.45) is 5.92 Å². The van der Waals surface area contributed by atoms with Crippen LogP contribution in [0.1, 0.15) is 37.0 Å². The zero-order valence-electron chi connectivity index (χ0n) is 12.1. The SMILES string of the molecule is CCN(CC1CC1)C(C)C(=O)c1ccc(OC)cc1. The number of Topliss-reactive ketones (excluding diaryl/α,β-unsaturated/α-hetero) is 1. The topological polar surface area (TPSA) is 29.5 Å². The van der Waals surface area contributed by atoms with Crippen molar-refractivity contribution >= 4 is 5.78 Å². The van der Waals surface area contributed by atoms with Crippen molar-refractivity contribution in [3.8, 4) is 5.75 Å². The fraction of sp³-hybridized carbons (Fsp3) is 0.562. The molecular weight excluding hydrogens is 238 g/mol. The second-order valence-corrected chi connectivity index (χ2v) is 5.30. The van der Waals surface area contributed by atoms with Crippen LogP contribution in [0, 0.1) is 5.92 Å². The summed E-state index contributed by atoms with van der Waals surface area (Å²) < 4.78 is 5.12. The molecule has 0 aromatic heterocycles. The highest BCUT2D eigenvalue weighted by Crippen LogP contribution is 2.30. The van der Waals surface area contributed by atoms with E-state index in [-0.39, 0.29) is 11.8 Å². The second kappa shape index (κ2) is 6.20. The van der Waals surface area contributed by atoms with Crippen LogP contribution in [0.15, 0.2) is 24.3 Å². The molecule has 1 aromatic carbocycles. The van der Waals surface area contributed by atoms with Gasteiger partial charge in [-0.25, -0.2) is 0 Å². The van der Waals surface area contributed by atoms with Gasteiger partial charge in [-0.15, -0.1) is 0 Å². The Morgan fingerprint density at radius 1 is 1.37 bits per heavy atom. The number of ether oxygens (including phenoxy) is 1. The fourth-order valence-electron chi connectivity index (χ4n) is 2.36. The Hall–Kier alpha value is -1.35. The summed E-state index contributed by atoms with van der Waals surface area (Å²) in [4.78, 5) is 14.7. The van der Waals surface area contributed by atoms with Crippen LogP contribution in [0.2, 0.25) is 0 Å². The number of hydrogen-bond donors (Lipinski definition) is 0. The van der Waals surface area contributed by atoms with Crippen molar-refractivity contribution in [3.63, 3.8) is 0 Å². The van der Waals surface area contributed by atoms with Gasteiger partial charge in [-0.05, 0) is 56.5 Å². The minimum Gasteiger partial charge on any atom is -0.497 e. The van der Waals surface area contributed by atoms with Crippen LogP contribution in [0.3, 0.4) is 0 Å². The van der Waals surface area contributed by atoms with Crippen LogP contribution >= 0.6 is 0 Å². The lowest BCUT2D eigenvalue weighted by Crippen LogP contribution is -2.40. The van der Waals surface area contributed by atoms with Gasteiger partial charge >= 0.3 is 0 Å². The monoisotopic (exact) mass is 261 g/mol. The zero-order chi connectivity index (χ0) is 13.8. The van der Waals surface area contributed by atoms with E-state index < -0.39 is 0 Å². The van der Waals surface area contributed by atoms with Gasteiger partial charge in [0.05, 0.1) is 13.2 Å². The van der Waals surface area contributed by atoms with Crippen LogP contribution in [0.5, 0.6) is 5.75 Å². The molecule has 3 heteroatoms. The van der Waals surface area contributed by atoms with Gasteiger partial charge in [0.15, 0.2) is 5.78 Å². The van der Waals surface area contributed by atoms with Crippen molar-refractivity contribution in [2.45, 2.75) is 32.7 Å². The maximum Gasteiger partial charge on any atom is 0.179 e. The predicted molar refractivity (Wildman–Crippen MR) is 76.8 cm³/mol. The summed E-state index contributed by atoms with van der Waals surface area (Å²) in [5.41, 5.74) is 0.766. The smallest absolute Gasteiger partial charge is 0.179 e. The second-order valence-electron chi connectivity index (χ2n) is 5.30. The van der Waals surface area contributed by atoms with E-state index in [2.05, 4.69) is 11.8 Å². The third kappa shape index (κ3) is 3.57. The number of ketones is 1. The van der Waals surface area contributed by atoms with Gasteiger partial charge in [-0.3, -0.25) is 9.69 Å². The first-order chi connectivity index (χ1) is 9.15. The van der Waals surface area contributed by atoms with Crippen LogP contribution in [0.25, 0.3) is 0 Å². The van der Waals surface area contributed by atoms with E-state index in [1.165, 1.54) is 12.8 Å². The largest absolute Gasteiger partial charge is 0.497 e. The molecule has 3 nitrogen and oxygen atoms in total. The van der Waals surface area contributed by atoms with E-state index in [4.69, 9.17) is 4.74 Å². The molecule has 0 bridgehead atoms. The molecular formula is C16H23NO2. The predicted octanol–water partition coefficient (Wildman–Crippen LogP) is 3.00. The minimum atomic E-state index is -0.0426.